The largest absolute Gasteiger partial charge is 0.497 e. The lowest BCUT2D eigenvalue weighted by atomic mass is 9.87. The maximum Gasteiger partial charge on any atom is 0.497 e. The van der Waals surface area contributed by atoms with E-state index in [-0.39, 0.29) is 5.41 Å². The van der Waals surface area contributed by atoms with Gasteiger partial charge in [0.1, 0.15) is 0 Å². The molecule has 5 heteroatoms. The smallest absolute Gasteiger partial charge is 0.218 e. The van der Waals surface area contributed by atoms with E-state index < -0.39 is 6.30 Å². The van der Waals surface area contributed by atoms with Crippen LogP contribution in [0, 0.1) is 5.41 Å². The summed E-state index contributed by atoms with van der Waals surface area (Å²) < 4.78 is 35.5. The first-order chi connectivity index (χ1) is 6.17. The van der Waals surface area contributed by atoms with Crippen LogP contribution in [0.3, 0.4) is 0 Å². The molecule has 0 heterocycles. The maximum absolute atomic E-state index is 11.8. The summed E-state index contributed by atoms with van der Waals surface area (Å²) in [6, 6.07) is 0. The van der Waals surface area contributed by atoms with E-state index in [2.05, 4.69) is 5.10 Å². The second-order valence-electron chi connectivity index (χ2n) is 4.17. The average Bonchev–Trinajstić information content (AvgIpc) is 1.93. The molecule has 0 aliphatic heterocycles. The molecular weight excluding hydrogens is 193 g/mol. The molecule has 0 fully saturated rings. The SMILES string of the molecule is CCC/C(=N\NC(F)(F)F)C(C)(C)C. The van der Waals surface area contributed by atoms with Crippen LogP contribution < -0.4 is 5.43 Å². The second-order valence-corrected chi connectivity index (χ2v) is 4.17. The van der Waals surface area contributed by atoms with Crippen molar-refractivity contribution in [3.63, 3.8) is 0 Å². The highest BCUT2D eigenvalue weighted by Crippen LogP contribution is 2.20. The van der Waals surface area contributed by atoms with E-state index in [9.17, 15) is 13.2 Å². The summed E-state index contributed by atoms with van der Waals surface area (Å²) >= 11 is 0. The molecule has 0 saturated carbocycles. The van der Waals surface area contributed by atoms with Gasteiger partial charge in [0, 0.05) is 11.1 Å². The molecule has 84 valence electrons. The number of alkyl halides is 3. The topological polar surface area (TPSA) is 24.4 Å². The number of hydrazone groups is 1. The molecule has 0 aromatic heterocycles. The van der Waals surface area contributed by atoms with Crippen molar-refractivity contribution in [3.05, 3.63) is 0 Å². The normalized spacial score (nSPS) is 14.4. The van der Waals surface area contributed by atoms with Crippen molar-refractivity contribution < 1.29 is 13.2 Å². The summed E-state index contributed by atoms with van der Waals surface area (Å²) in [7, 11) is 0. The molecule has 0 saturated heterocycles. The van der Waals surface area contributed by atoms with Crippen LogP contribution in [0.5, 0.6) is 0 Å². The number of hydrogen-bond donors (Lipinski definition) is 1. The van der Waals surface area contributed by atoms with Crippen molar-refractivity contribution in [2.75, 3.05) is 0 Å². The van der Waals surface area contributed by atoms with Crippen LogP contribution in [0.15, 0.2) is 5.10 Å². The molecule has 0 spiro atoms. The summed E-state index contributed by atoms with van der Waals surface area (Å²) in [5, 5.41) is 3.40. The number of nitrogens with one attached hydrogen (secondary N) is 1. The third-order valence-electron chi connectivity index (χ3n) is 1.67. The molecule has 2 nitrogen and oxygen atoms in total. The molecule has 0 rings (SSSR count). The quantitative estimate of drug-likeness (QED) is 0.431. The standard InChI is InChI=1S/C9H17F3N2/c1-5-6-7(8(2,3)4)13-14-9(10,11)12/h14H,5-6H2,1-4H3/b13-7+. The van der Waals surface area contributed by atoms with Crippen LogP contribution in [0.1, 0.15) is 40.5 Å². The Kier molecular flexibility index (Phi) is 4.42. The highest BCUT2D eigenvalue weighted by Gasteiger charge is 2.28. The molecule has 1 N–H and O–H groups in total. The van der Waals surface area contributed by atoms with E-state index in [4.69, 9.17) is 0 Å². The second kappa shape index (κ2) is 4.66. The van der Waals surface area contributed by atoms with Crippen LogP contribution >= 0.6 is 0 Å². The highest BCUT2D eigenvalue weighted by molar-refractivity contribution is 5.89. The molecule has 0 aromatic carbocycles. The lowest BCUT2D eigenvalue weighted by molar-refractivity contribution is -0.156. The molecule has 0 bridgehead atoms. The maximum atomic E-state index is 11.8. The van der Waals surface area contributed by atoms with Crippen molar-refractivity contribution in [2.24, 2.45) is 10.5 Å². The Morgan fingerprint density at radius 1 is 1.21 bits per heavy atom. The first kappa shape index (κ1) is 13.3. The van der Waals surface area contributed by atoms with Crippen molar-refractivity contribution in [3.8, 4) is 0 Å². The van der Waals surface area contributed by atoms with E-state index in [1.165, 1.54) is 5.43 Å². The van der Waals surface area contributed by atoms with Gasteiger partial charge >= 0.3 is 6.30 Å². The van der Waals surface area contributed by atoms with Crippen LogP contribution in [0.4, 0.5) is 13.2 Å². The number of hydrogen-bond acceptors (Lipinski definition) is 2. The molecule has 0 unspecified atom stereocenters. The van der Waals surface area contributed by atoms with Gasteiger partial charge in [-0.1, -0.05) is 34.1 Å². The van der Waals surface area contributed by atoms with Crippen LogP contribution in [-0.4, -0.2) is 12.0 Å². The van der Waals surface area contributed by atoms with Crippen molar-refractivity contribution >= 4 is 5.71 Å². The summed E-state index contributed by atoms with van der Waals surface area (Å²) in [4.78, 5) is 0. The Morgan fingerprint density at radius 3 is 2.00 bits per heavy atom. The predicted octanol–water partition coefficient (Wildman–Crippen LogP) is 3.30. The lowest BCUT2D eigenvalue weighted by Crippen LogP contribution is -2.31. The minimum Gasteiger partial charge on any atom is -0.218 e. The fourth-order valence-corrected chi connectivity index (χ4v) is 0.966. The highest BCUT2D eigenvalue weighted by atomic mass is 19.4. The van der Waals surface area contributed by atoms with E-state index in [0.717, 1.165) is 6.42 Å². The Morgan fingerprint density at radius 2 is 1.71 bits per heavy atom. The Balaban J connectivity index is 4.50. The van der Waals surface area contributed by atoms with Gasteiger partial charge in [0.15, 0.2) is 0 Å². The van der Waals surface area contributed by atoms with Crippen molar-refractivity contribution in [1.29, 1.82) is 0 Å². The van der Waals surface area contributed by atoms with Gasteiger partial charge in [-0.25, -0.2) is 5.43 Å². The average molecular weight is 210 g/mol. The predicted molar refractivity (Wildman–Crippen MR) is 51.0 cm³/mol. The zero-order chi connectivity index (χ0) is 11.4. The first-order valence-corrected chi connectivity index (χ1v) is 4.57. The summed E-state index contributed by atoms with van der Waals surface area (Å²) in [6.07, 6.45) is -3.08. The molecule has 0 aromatic rings. The molecule has 0 amide bonds. The zero-order valence-electron chi connectivity index (χ0n) is 9.00. The third-order valence-corrected chi connectivity index (χ3v) is 1.67. The Bertz CT molecular complexity index is 201. The number of rotatable bonds is 3. The van der Waals surface area contributed by atoms with Crippen LogP contribution in [-0.2, 0) is 0 Å². The zero-order valence-corrected chi connectivity index (χ0v) is 9.00. The minimum atomic E-state index is -4.44. The molecule has 0 radical (unpaired) electrons. The van der Waals surface area contributed by atoms with Gasteiger partial charge in [0.25, 0.3) is 0 Å². The summed E-state index contributed by atoms with van der Waals surface area (Å²) in [5.74, 6) is 0. The minimum absolute atomic E-state index is 0.325. The molecule has 0 atom stereocenters. The van der Waals surface area contributed by atoms with Gasteiger partial charge < -0.3 is 0 Å². The Labute approximate surface area is 82.6 Å². The van der Waals surface area contributed by atoms with Gasteiger partial charge in [-0.2, -0.15) is 5.10 Å². The summed E-state index contributed by atoms with van der Waals surface area (Å²) in [6.45, 7) is 7.45. The van der Waals surface area contributed by atoms with E-state index in [1.54, 1.807) is 0 Å². The Hall–Kier alpha value is -0.740. The summed E-state index contributed by atoms with van der Waals surface area (Å²) in [5.41, 5.74) is 1.42. The van der Waals surface area contributed by atoms with E-state index in [1.807, 2.05) is 27.7 Å². The first-order valence-electron chi connectivity index (χ1n) is 4.57. The van der Waals surface area contributed by atoms with E-state index >= 15 is 0 Å². The van der Waals surface area contributed by atoms with Gasteiger partial charge in [0.2, 0.25) is 0 Å². The fourth-order valence-electron chi connectivity index (χ4n) is 0.966. The number of nitrogens with zero attached hydrogens (tertiary/aromatic N) is 1. The van der Waals surface area contributed by atoms with Gasteiger partial charge in [-0.3, -0.25) is 0 Å². The van der Waals surface area contributed by atoms with Crippen LogP contribution in [0.25, 0.3) is 0 Å². The van der Waals surface area contributed by atoms with Crippen molar-refractivity contribution in [1.82, 2.24) is 5.43 Å². The third kappa shape index (κ3) is 5.83. The lowest BCUT2D eigenvalue weighted by Gasteiger charge is -2.21. The van der Waals surface area contributed by atoms with Gasteiger partial charge in [-0.05, 0) is 6.42 Å². The number of halogens is 3. The van der Waals surface area contributed by atoms with Gasteiger partial charge in [-0.15, -0.1) is 13.2 Å². The van der Waals surface area contributed by atoms with Gasteiger partial charge in [0.05, 0.1) is 0 Å². The van der Waals surface area contributed by atoms with Crippen molar-refractivity contribution in [2.45, 2.75) is 46.8 Å². The van der Waals surface area contributed by atoms with Crippen LogP contribution in [0.2, 0.25) is 0 Å². The van der Waals surface area contributed by atoms with E-state index in [0.29, 0.717) is 12.1 Å². The molecule has 0 aliphatic carbocycles. The monoisotopic (exact) mass is 210 g/mol. The fraction of sp³-hybridized carbons (Fsp3) is 0.889. The molecule has 14 heavy (non-hydrogen) atoms. The molecule has 0 aliphatic rings. The molecular formula is C9H17F3N2.